The Kier molecular flexibility index (Phi) is 5.30. The zero-order valence-electron chi connectivity index (χ0n) is 13.7. The normalized spacial score (nSPS) is 11.0. The number of para-hydroxylation sites is 1. The van der Waals surface area contributed by atoms with Gasteiger partial charge in [0.2, 0.25) is 0 Å². The molecule has 2 aromatic rings. The van der Waals surface area contributed by atoms with Crippen LogP contribution in [0.5, 0.6) is 6.01 Å². The van der Waals surface area contributed by atoms with E-state index in [1.54, 1.807) is 19.0 Å². The lowest BCUT2D eigenvalue weighted by atomic mass is 10.1. The third-order valence-corrected chi connectivity index (χ3v) is 3.08. The third kappa shape index (κ3) is 4.49. The van der Waals surface area contributed by atoms with Crippen molar-refractivity contribution in [2.75, 3.05) is 36.7 Å². The number of urea groups is 1. The number of hydrogen-bond acceptors (Lipinski definition) is 5. The molecule has 1 heterocycles. The molecule has 0 bridgehead atoms. The van der Waals surface area contributed by atoms with Crippen molar-refractivity contribution >= 4 is 23.2 Å². The number of halogens is 3. The topological polar surface area (TPSA) is 79.4 Å². The van der Waals surface area contributed by atoms with E-state index in [0.29, 0.717) is 5.82 Å². The molecule has 0 spiro atoms. The first kappa shape index (κ1) is 18.3. The Hall–Kier alpha value is -3.04. The summed E-state index contributed by atoms with van der Waals surface area (Å²) >= 11 is 0. The molecule has 1 aromatic carbocycles. The lowest BCUT2D eigenvalue weighted by molar-refractivity contribution is -0.136. The van der Waals surface area contributed by atoms with Crippen molar-refractivity contribution in [3.63, 3.8) is 0 Å². The van der Waals surface area contributed by atoms with E-state index < -0.39 is 17.8 Å². The molecule has 0 fully saturated rings. The summed E-state index contributed by atoms with van der Waals surface area (Å²) in [5.41, 5.74) is -1.08. The molecule has 0 radical (unpaired) electrons. The molecule has 134 valence electrons. The minimum Gasteiger partial charge on any atom is -0.467 e. The second kappa shape index (κ2) is 7.24. The van der Waals surface area contributed by atoms with Gasteiger partial charge in [0, 0.05) is 14.1 Å². The number of anilines is 3. The minimum atomic E-state index is -4.58. The van der Waals surface area contributed by atoms with Crippen molar-refractivity contribution in [3.05, 3.63) is 36.0 Å². The Morgan fingerprint density at radius 3 is 2.40 bits per heavy atom. The maximum atomic E-state index is 13.0. The first-order chi connectivity index (χ1) is 11.7. The highest BCUT2D eigenvalue weighted by Gasteiger charge is 2.33. The monoisotopic (exact) mass is 355 g/mol. The zero-order valence-corrected chi connectivity index (χ0v) is 13.7. The molecule has 2 N–H and O–H groups in total. The van der Waals surface area contributed by atoms with Crippen LogP contribution in [-0.4, -0.2) is 37.2 Å². The van der Waals surface area contributed by atoms with Crippen LogP contribution in [0.4, 0.5) is 35.2 Å². The lowest BCUT2D eigenvalue weighted by Gasteiger charge is -2.18. The van der Waals surface area contributed by atoms with Gasteiger partial charge in [-0.05, 0) is 12.1 Å². The Bertz CT molecular complexity index is 765. The summed E-state index contributed by atoms with van der Waals surface area (Å²) in [6.07, 6.45) is -3.28. The molecular weight excluding hydrogens is 339 g/mol. The summed E-state index contributed by atoms with van der Waals surface area (Å²) in [6, 6.07) is 3.93. The highest BCUT2D eigenvalue weighted by atomic mass is 19.4. The van der Waals surface area contributed by atoms with Crippen LogP contribution in [-0.2, 0) is 6.18 Å². The molecule has 2 amide bonds. The van der Waals surface area contributed by atoms with Crippen LogP contribution in [0, 0.1) is 0 Å². The highest BCUT2D eigenvalue weighted by molar-refractivity contribution is 6.01. The van der Waals surface area contributed by atoms with E-state index >= 15 is 0 Å². The van der Waals surface area contributed by atoms with Crippen molar-refractivity contribution in [1.82, 2.24) is 9.97 Å². The van der Waals surface area contributed by atoms with Gasteiger partial charge < -0.3 is 20.3 Å². The van der Waals surface area contributed by atoms with E-state index in [4.69, 9.17) is 4.74 Å². The number of amides is 2. The summed E-state index contributed by atoms with van der Waals surface area (Å²) in [7, 11) is 4.76. The van der Waals surface area contributed by atoms with Gasteiger partial charge in [-0.3, -0.25) is 0 Å². The fraction of sp³-hybridized carbons (Fsp3) is 0.267. The van der Waals surface area contributed by atoms with Gasteiger partial charge in [-0.15, -0.1) is 0 Å². The van der Waals surface area contributed by atoms with Gasteiger partial charge in [0.05, 0.1) is 24.6 Å². The molecule has 0 aliphatic heterocycles. The number of alkyl halides is 3. The second-order valence-corrected chi connectivity index (χ2v) is 5.11. The average Bonchev–Trinajstić information content (AvgIpc) is 2.54. The molecule has 0 saturated heterocycles. The van der Waals surface area contributed by atoms with Crippen LogP contribution in [0.2, 0.25) is 0 Å². The quantitative estimate of drug-likeness (QED) is 0.880. The number of carbonyl (C=O) groups excluding carboxylic acids is 1. The van der Waals surface area contributed by atoms with Gasteiger partial charge in [-0.25, -0.2) is 9.78 Å². The standard InChI is InChI=1S/C15H16F3N5O2/c1-23(2)12-11(8-19-14(22-12)25-3)21-13(24)20-10-7-5-4-6-9(10)15(16,17)18/h4-8H,1-3H3,(H2,20,21,24). The summed E-state index contributed by atoms with van der Waals surface area (Å²) in [5, 5.41) is 4.62. The zero-order chi connectivity index (χ0) is 18.6. The average molecular weight is 355 g/mol. The second-order valence-electron chi connectivity index (χ2n) is 5.11. The van der Waals surface area contributed by atoms with Gasteiger partial charge in [0.1, 0.15) is 5.69 Å². The number of methoxy groups -OCH3 is 1. The molecule has 2 rings (SSSR count). The van der Waals surface area contributed by atoms with Crippen LogP contribution < -0.4 is 20.3 Å². The summed E-state index contributed by atoms with van der Waals surface area (Å²) in [5.74, 6) is 0.339. The summed E-state index contributed by atoms with van der Waals surface area (Å²) in [6.45, 7) is 0. The maximum Gasteiger partial charge on any atom is 0.418 e. The molecule has 0 unspecified atom stereocenters. The Labute approximate surface area is 141 Å². The number of carbonyl (C=O) groups is 1. The van der Waals surface area contributed by atoms with Crippen molar-refractivity contribution < 1.29 is 22.7 Å². The first-order valence-electron chi connectivity index (χ1n) is 7.05. The first-order valence-corrected chi connectivity index (χ1v) is 7.05. The van der Waals surface area contributed by atoms with E-state index in [2.05, 4.69) is 20.6 Å². The highest BCUT2D eigenvalue weighted by Crippen LogP contribution is 2.34. The molecule has 0 aliphatic rings. The molecule has 7 nitrogen and oxygen atoms in total. The summed E-state index contributed by atoms with van der Waals surface area (Å²) in [4.78, 5) is 21.6. The van der Waals surface area contributed by atoms with Gasteiger partial charge in [0.15, 0.2) is 5.82 Å². The third-order valence-electron chi connectivity index (χ3n) is 3.08. The Morgan fingerprint density at radius 1 is 1.16 bits per heavy atom. The van der Waals surface area contributed by atoms with E-state index in [-0.39, 0.29) is 17.4 Å². The fourth-order valence-electron chi connectivity index (χ4n) is 2.00. The number of rotatable bonds is 4. The van der Waals surface area contributed by atoms with E-state index in [9.17, 15) is 18.0 Å². The van der Waals surface area contributed by atoms with Gasteiger partial charge in [-0.1, -0.05) is 12.1 Å². The van der Waals surface area contributed by atoms with E-state index in [0.717, 1.165) is 6.07 Å². The number of aromatic nitrogens is 2. The van der Waals surface area contributed by atoms with Crippen molar-refractivity contribution in [2.24, 2.45) is 0 Å². The van der Waals surface area contributed by atoms with Crippen molar-refractivity contribution in [2.45, 2.75) is 6.18 Å². The van der Waals surface area contributed by atoms with Gasteiger partial charge in [0.25, 0.3) is 0 Å². The molecular formula is C15H16F3N5O2. The predicted molar refractivity (Wildman–Crippen MR) is 87.0 cm³/mol. The lowest BCUT2D eigenvalue weighted by Crippen LogP contribution is -2.24. The number of nitrogens with zero attached hydrogens (tertiary/aromatic N) is 3. The minimum absolute atomic E-state index is 0.0945. The largest absolute Gasteiger partial charge is 0.467 e. The van der Waals surface area contributed by atoms with Crippen LogP contribution >= 0.6 is 0 Å². The number of nitrogens with one attached hydrogen (secondary N) is 2. The molecule has 0 atom stereocenters. The molecule has 1 aromatic heterocycles. The number of ether oxygens (including phenoxy) is 1. The molecule has 0 aliphatic carbocycles. The summed E-state index contributed by atoms with van der Waals surface area (Å²) < 4.78 is 43.8. The maximum absolute atomic E-state index is 13.0. The van der Waals surface area contributed by atoms with E-state index in [1.165, 1.54) is 31.5 Å². The van der Waals surface area contributed by atoms with Crippen LogP contribution in [0.25, 0.3) is 0 Å². The number of benzene rings is 1. The molecule has 0 saturated carbocycles. The van der Waals surface area contributed by atoms with Crippen LogP contribution in [0.1, 0.15) is 5.56 Å². The van der Waals surface area contributed by atoms with E-state index in [1.807, 2.05) is 0 Å². The van der Waals surface area contributed by atoms with Gasteiger partial charge >= 0.3 is 18.2 Å². The molecule has 25 heavy (non-hydrogen) atoms. The van der Waals surface area contributed by atoms with Crippen LogP contribution in [0.3, 0.4) is 0 Å². The number of hydrogen-bond donors (Lipinski definition) is 2. The molecule has 10 heteroatoms. The Morgan fingerprint density at radius 2 is 1.80 bits per heavy atom. The van der Waals surface area contributed by atoms with Crippen molar-refractivity contribution in [1.29, 1.82) is 0 Å². The Balaban J connectivity index is 2.22. The van der Waals surface area contributed by atoms with Crippen LogP contribution in [0.15, 0.2) is 30.5 Å². The smallest absolute Gasteiger partial charge is 0.418 e. The SMILES string of the molecule is COc1ncc(NC(=O)Nc2ccccc2C(F)(F)F)c(N(C)C)n1. The van der Waals surface area contributed by atoms with Gasteiger partial charge in [-0.2, -0.15) is 18.2 Å². The van der Waals surface area contributed by atoms with Crippen molar-refractivity contribution in [3.8, 4) is 6.01 Å². The fourth-order valence-corrected chi connectivity index (χ4v) is 2.00. The predicted octanol–water partition coefficient (Wildman–Crippen LogP) is 3.21.